The van der Waals surface area contributed by atoms with Gasteiger partial charge in [0.2, 0.25) is 0 Å². The molecule has 19 heavy (non-hydrogen) atoms. The molecule has 110 valence electrons. The number of carboxylic acid groups (broad SMARTS) is 3. The Morgan fingerprint density at radius 3 is 2.11 bits per heavy atom. The third-order valence-corrected chi connectivity index (χ3v) is 2.75. The van der Waals surface area contributed by atoms with Gasteiger partial charge in [0.05, 0.1) is 18.5 Å². The Kier molecular flexibility index (Phi) is 8.47. The van der Waals surface area contributed by atoms with E-state index >= 15 is 0 Å². The van der Waals surface area contributed by atoms with E-state index in [2.05, 4.69) is 5.73 Å². The molecule has 8 heteroatoms. The summed E-state index contributed by atoms with van der Waals surface area (Å²) in [5.74, 6) is -3.81. The van der Waals surface area contributed by atoms with Crippen molar-refractivity contribution in [2.45, 2.75) is 44.2 Å². The summed E-state index contributed by atoms with van der Waals surface area (Å²) >= 11 is 0. The van der Waals surface area contributed by atoms with E-state index in [0.29, 0.717) is 25.8 Å². The molecule has 0 radical (unpaired) electrons. The van der Waals surface area contributed by atoms with E-state index in [-0.39, 0.29) is 12.8 Å². The molecule has 0 aliphatic rings. The van der Waals surface area contributed by atoms with Crippen LogP contribution in [0.4, 0.5) is 0 Å². The monoisotopic (exact) mass is 275 g/mol. The molecular weight excluding hydrogens is 256 g/mol. The molecule has 0 saturated carbocycles. The van der Waals surface area contributed by atoms with Crippen LogP contribution in [0.15, 0.2) is 0 Å². The summed E-state index contributed by atoms with van der Waals surface area (Å²) in [6.07, 6.45) is 1.17. The van der Waals surface area contributed by atoms with Gasteiger partial charge in [-0.3, -0.25) is 0 Å². The molecule has 0 saturated heterocycles. The number of carbonyl (C=O) groups is 3. The van der Waals surface area contributed by atoms with Crippen molar-refractivity contribution in [3.8, 4) is 0 Å². The Morgan fingerprint density at radius 2 is 1.63 bits per heavy atom. The van der Waals surface area contributed by atoms with Crippen molar-refractivity contribution in [1.29, 1.82) is 0 Å². The van der Waals surface area contributed by atoms with Crippen molar-refractivity contribution in [2.75, 3.05) is 6.54 Å². The average Bonchev–Trinajstić information content (AvgIpc) is 2.31. The Bertz CT molecular complexity index is 320. The Morgan fingerprint density at radius 1 is 1.00 bits per heavy atom. The molecule has 0 aromatic carbocycles. The van der Waals surface area contributed by atoms with Gasteiger partial charge in [-0.1, -0.05) is 0 Å². The van der Waals surface area contributed by atoms with E-state index in [9.17, 15) is 29.7 Å². The van der Waals surface area contributed by atoms with E-state index in [1.807, 2.05) is 0 Å². The van der Waals surface area contributed by atoms with Crippen LogP contribution in [0, 0.1) is 0 Å². The molecule has 0 heterocycles. The number of hydrogen-bond donors (Lipinski definition) is 2. The predicted octanol–water partition coefficient (Wildman–Crippen LogP) is -6.27. The molecule has 2 atom stereocenters. The largest absolute Gasteiger partial charge is 0.550 e. The second-order valence-electron chi connectivity index (χ2n) is 4.37. The molecule has 0 rings (SSSR count). The van der Waals surface area contributed by atoms with Gasteiger partial charge in [-0.25, -0.2) is 0 Å². The Hall–Kier alpha value is -1.67. The fourth-order valence-electron chi connectivity index (χ4n) is 1.58. The van der Waals surface area contributed by atoms with E-state index in [4.69, 9.17) is 0 Å². The number of hydrogen-bond acceptors (Lipinski definition) is 6. The highest BCUT2D eigenvalue weighted by Gasteiger charge is 2.13. The summed E-state index contributed by atoms with van der Waals surface area (Å²) in [4.78, 5) is 31.3. The van der Waals surface area contributed by atoms with Gasteiger partial charge in [-0.2, -0.15) is 0 Å². The van der Waals surface area contributed by atoms with Crippen molar-refractivity contribution in [1.82, 2.24) is 0 Å². The standard InChI is InChI=1S/C11H20N2O6/c12-7(10(16)17)3-1-2-6-13-8(11(18)19)4-5-9(14)15/h7-8,13H,1-6,12H2,(H,14,15)(H,16,17)(H,18,19)/p-1/t7-,8-/m0/s1. The van der Waals surface area contributed by atoms with Crippen molar-refractivity contribution in [2.24, 2.45) is 0 Å². The summed E-state index contributed by atoms with van der Waals surface area (Å²) in [7, 11) is 0. The quantitative estimate of drug-likeness (QED) is 0.356. The fourth-order valence-corrected chi connectivity index (χ4v) is 1.58. The van der Waals surface area contributed by atoms with Gasteiger partial charge in [0.15, 0.2) is 0 Å². The third-order valence-electron chi connectivity index (χ3n) is 2.75. The first kappa shape index (κ1) is 17.3. The van der Waals surface area contributed by atoms with Crippen LogP contribution in [0.5, 0.6) is 0 Å². The van der Waals surface area contributed by atoms with E-state index in [1.165, 1.54) is 5.32 Å². The molecule has 0 spiro atoms. The smallest absolute Gasteiger partial charge is 0.126 e. The van der Waals surface area contributed by atoms with Gasteiger partial charge in [-0.15, -0.1) is 0 Å². The van der Waals surface area contributed by atoms with Crippen LogP contribution in [0.1, 0.15) is 32.1 Å². The first-order chi connectivity index (χ1) is 8.84. The normalized spacial score (nSPS) is 13.7. The second kappa shape index (κ2) is 9.29. The summed E-state index contributed by atoms with van der Waals surface area (Å²) in [6, 6.07) is -1.69. The molecule has 0 amide bonds. The molecule has 5 N–H and O–H groups in total. The number of quaternary nitrogens is 2. The fraction of sp³-hybridized carbons (Fsp3) is 0.727. The summed E-state index contributed by atoms with van der Waals surface area (Å²) in [5, 5.41) is 32.8. The highest BCUT2D eigenvalue weighted by atomic mass is 16.4. The van der Waals surface area contributed by atoms with Crippen LogP contribution in [0.2, 0.25) is 0 Å². The predicted molar refractivity (Wildman–Crippen MR) is 55.4 cm³/mol. The molecule has 8 nitrogen and oxygen atoms in total. The summed E-state index contributed by atoms with van der Waals surface area (Å²) in [5.41, 5.74) is 3.40. The van der Waals surface area contributed by atoms with Gasteiger partial charge in [0.1, 0.15) is 12.1 Å². The molecule has 0 aliphatic carbocycles. The molecule has 0 bridgehead atoms. The first-order valence-electron chi connectivity index (χ1n) is 6.12. The second-order valence-corrected chi connectivity index (χ2v) is 4.37. The molecule has 0 aromatic heterocycles. The maximum atomic E-state index is 10.7. The molecular formula is C11H19N2O6-. The van der Waals surface area contributed by atoms with Crippen LogP contribution in [0.3, 0.4) is 0 Å². The van der Waals surface area contributed by atoms with Gasteiger partial charge in [0.25, 0.3) is 0 Å². The van der Waals surface area contributed by atoms with Crippen molar-refractivity contribution in [3.05, 3.63) is 0 Å². The lowest BCUT2D eigenvalue weighted by atomic mass is 10.1. The lowest BCUT2D eigenvalue weighted by Crippen LogP contribution is -2.93. The highest BCUT2D eigenvalue weighted by molar-refractivity contribution is 5.71. The van der Waals surface area contributed by atoms with E-state index in [0.717, 1.165) is 0 Å². The minimum atomic E-state index is -1.31. The van der Waals surface area contributed by atoms with Crippen molar-refractivity contribution >= 4 is 17.9 Å². The summed E-state index contributed by atoms with van der Waals surface area (Å²) in [6.45, 7) is 0.450. The Labute approximate surface area is 110 Å². The zero-order valence-corrected chi connectivity index (χ0v) is 10.6. The lowest BCUT2D eigenvalue weighted by molar-refractivity contribution is -0.684. The van der Waals surface area contributed by atoms with Gasteiger partial charge in [-0.05, 0) is 19.3 Å². The van der Waals surface area contributed by atoms with Crippen LogP contribution >= 0.6 is 0 Å². The van der Waals surface area contributed by atoms with Crippen LogP contribution < -0.4 is 26.4 Å². The highest BCUT2D eigenvalue weighted by Crippen LogP contribution is 1.96. The number of nitrogens with two attached hydrogens (primary N) is 1. The van der Waals surface area contributed by atoms with Crippen LogP contribution in [-0.4, -0.2) is 36.5 Å². The topological polar surface area (TPSA) is 165 Å². The zero-order chi connectivity index (χ0) is 14.8. The number of unbranched alkanes of at least 4 members (excludes halogenated alkanes) is 1. The SMILES string of the molecule is [NH3+][C@@H](CCCC[NH2+][C@@H](CCC(=O)[O-])C(=O)[O-])C(=O)[O-]. The van der Waals surface area contributed by atoms with Gasteiger partial charge < -0.3 is 40.8 Å². The first-order valence-corrected chi connectivity index (χ1v) is 6.12. The Balaban J connectivity index is 3.78. The van der Waals surface area contributed by atoms with Crippen molar-refractivity contribution in [3.63, 3.8) is 0 Å². The number of carboxylic acids is 3. The molecule has 0 aliphatic heterocycles. The zero-order valence-electron chi connectivity index (χ0n) is 10.6. The minimum Gasteiger partial charge on any atom is -0.550 e. The third kappa shape index (κ3) is 8.97. The molecule has 0 fully saturated rings. The summed E-state index contributed by atoms with van der Waals surface area (Å²) < 4.78 is 0. The lowest BCUT2D eigenvalue weighted by Gasteiger charge is -2.16. The van der Waals surface area contributed by atoms with Gasteiger partial charge >= 0.3 is 0 Å². The number of carbonyl (C=O) groups excluding carboxylic acids is 3. The van der Waals surface area contributed by atoms with Gasteiger partial charge in [0, 0.05) is 18.8 Å². The van der Waals surface area contributed by atoms with E-state index in [1.54, 1.807) is 0 Å². The molecule has 0 unspecified atom stereocenters. The number of rotatable bonds is 11. The molecule has 0 aromatic rings. The minimum absolute atomic E-state index is 0.0539. The number of aliphatic carboxylic acids is 3. The van der Waals surface area contributed by atoms with Crippen LogP contribution in [0.25, 0.3) is 0 Å². The van der Waals surface area contributed by atoms with Crippen LogP contribution in [-0.2, 0) is 14.4 Å². The van der Waals surface area contributed by atoms with Crippen molar-refractivity contribution < 1.29 is 40.8 Å². The maximum Gasteiger partial charge on any atom is 0.126 e. The average molecular weight is 275 g/mol. The maximum absolute atomic E-state index is 10.7. The van der Waals surface area contributed by atoms with E-state index < -0.39 is 30.0 Å².